The molecule has 0 fully saturated rings. The first-order valence-electron chi connectivity index (χ1n) is 5.01. The van der Waals surface area contributed by atoms with Gasteiger partial charge in [-0.1, -0.05) is 18.2 Å². The maximum atomic E-state index is 9.20. The summed E-state index contributed by atoms with van der Waals surface area (Å²) in [5.74, 6) is 0.469. The van der Waals surface area contributed by atoms with E-state index in [2.05, 4.69) is 17.1 Å². The minimum atomic E-state index is 0.469. The minimum absolute atomic E-state index is 0.469. The van der Waals surface area contributed by atoms with E-state index in [0.29, 0.717) is 5.76 Å². The topological polar surface area (TPSA) is 33.1 Å². The Bertz CT molecular complexity index is 415. The molecule has 76 valence electrons. The Kier molecular flexibility index (Phi) is 2.98. The van der Waals surface area contributed by atoms with Gasteiger partial charge in [-0.15, -0.1) is 0 Å². The van der Waals surface area contributed by atoms with Crippen LogP contribution >= 0.6 is 0 Å². The number of hydrogen-bond acceptors (Lipinski definition) is 2. The lowest BCUT2D eigenvalue weighted by atomic mass is 10.0. The lowest BCUT2D eigenvalue weighted by molar-refractivity contribution is 0.386. The van der Waals surface area contributed by atoms with E-state index >= 15 is 0 Å². The summed E-state index contributed by atoms with van der Waals surface area (Å²) in [4.78, 5) is 3.96. The molecule has 2 rings (SSSR count). The molecule has 2 heteroatoms. The Labute approximate surface area is 89.3 Å². The van der Waals surface area contributed by atoms with Crippen molar-refractivity contribution >= 4 is 6.08 Å². The summed E-state index contributed by atoms with van der Waals surface area (Å²) in [6, 6.07) is 3.93. The van der Waals surface area contributed by atoms with Crippen molar-refractivity contribution in [2.45, 2.75) is 12.8 Å². The highest BCUT2D eigenvalue weighted by atomic mass is 16.3. The summed E-state index contributed by atoms with van der Waals surface area (Å²) >= 11 is 0. The highest BCUT2D eigenvalue weighted by Crippen LogP contribution is 2.18. The van der Waals surface area contributed by atoms with Crippen LogP contribution in [0.1, 0.15) is 18.4 Å². The van der Waals surface area contributed by atoms with E-state index in [-0.39, 0.29) is 0 Å². The number of hydrogen-bond donors (Lipinski definition) is 1. The van der Waals surface area contributed by atoms with Gasteiger partial charge in [-0.2, -0.15) is 0 Å². The standard InChI is InChI=1S/C13H13NO/c15-13-5-3-11(4-6-13)1-2-12-7-9-14-10-8-12/h1-3,5,7-10,15H,4,6H2/b2-1+. The second-order valence-electron chi connectivity index (χ2n) is 3.51. The van der Waals surface area contributed by atoms with Gasteiger partial charge in [0.05, 0.1) is 5.76 Å². The molecule has 2 nitrogen and oxygen atoms in total. The van der Waals surface area contributed by atoms with Crippen molar-refractivity contribution in [2.75, 3.05) is 0 Å². The van der Waals surface area contributed by atoms with Gasteiger partial charge in [0.25, 0.3) is 0 Å². The predicted octanol–water partition coefficient (Wildman–Crippen LogP) is 3.26. The van der Waals surface area contributed by atoms with E-state index in [0.717, 1.165) is 18.4 Å². The SMILES string of the molecule is OC1=CC=C(/C=C/c2ccncc2)CC1. The number of rotatable bonds is 2. The van der Waals surface area contributed by atoms with Crippen LogP contribution in [-0.2, 0) is 0 Å². The van der Waals surface area contributed by atoms with Gasteiger partial charge >= 0.3 is 0 Å². The third-order valence-corrected chi connectivity index (χ3v) is 2.36. The maximum absolute atomic E-state index is 9.20. The van der Waals surface area contributed by atoms with Crippen molar-refractivity contribution in [1.82, 2.24) is 4.98 Å². The molecule has 0 aromatic carbocycles. The molecule has 15 heavy (non-hydrogen) atoms. The average molecular weight is 199 g/mol. The van der Waals surface area contributed by atoms with Gasteiger partial charge in [-0.25, -0.2) is 0 Å². The van der Waals surface area contributed by atoms with Crippen LogP contribution in [0.5, 0.6) is 0 Å². The summed E-state index contributed by atoms with van der Waals surface area (Å²) in [5.41, 5.74) is 2.38. The normalized spacial score (nSPS) is 16.3. The van der Waals surface area contributed by atoms with E-state index in [4.69, 9.17) is 0 Å². The van der Waals surface area contributed by atoms with Crippen LogP contribution in [0.3, 0.4) is 0 Å². The molecule has 0 bridgehead atoms. The van der Waals surface area contributed by atoms with Gasteiger partial charge in [0.15, 0.2) is 0 Å². The zero-order valence-corrected chi connectivity index (χ0v) is 8.43. The molecular weight excluding hydrogens is 186 g/mol. The van der Waals surface area contributed by atoms with E-state index in [1.165, 1.54) is 5.57 Å². The van der Waals surface area contributed by atoms with Crippen LogP contribution in [-0.4, -0.2) is 10.1 Å². The predicted molar refractivity (Wildman–Crippen MR) is 61.3 cm³/mol. The molecule has 1 aromatic heterocycles. The molecule has 1 aromatic rings. The third-order valence-electron chi connectivity index (χ3n) is 2.36. The van der Waals surface area contributed by atoms with Crippen LogP contribution in [0.25, 0.3) is 6.08 Å². The number of pyridine rings is 1. The molecule has 0 saturated carbocycles. The van der Waals surface area contributed by atoms with Crippen molar-refractivity contribution < 1.29 is 5.11 Å². The summed E-state index contributed by atoms with van der Waals surface area (Å²) in [7, 11) is 0. The fraction of sp³-hybridized carbons (Fsp3) is 0.154. The van der Waals surface area contributed by atoms with Crippen LogP contribution in [0, 0.1) is 0 Å². The Balaban J connectivity index is 2.07. The molecule has 1 aliphatic carbocycles. The number of aromatic nitrogens is 1. The second kappa shape index (κ2) is 4.60. The van der Waals surface area contributed by atoms with Gasteiger partial charge < -0.3 is 5.11 Å². The maximum Gasteiger partial charge on any atom is 0.0926 e. The largest absolute Gasteiger partial charge is 0.512 e. The highest BCUT2D eigenvalue weighted by molar-refractivity contribution is 5.52. The lowest BCUT2D eigenvalue weighted by Crippen LogP contribution is -1.89. The Morgan fingerprint density at radius 1 is 1.07 bits per heavy atom. The first-order chi connectivity index (χ1) is 7.34. The molecule has 0 aliphatic heterocycles. The van der Waals surface area contributed by atoms with Gasteiger partial charge in [0.1, 0.15) is 0 Å². The van der Waals surface area contributed by atoms with E-state index in [1.54, 1.807) is 18.5 Å². The third kappa shape index (κ3) is 2.81. The zero-order valence-electron chi connectivity index (χ0n) is 8.43. The minimum Gasteiger partial charge on any atom is -0.512 e. The van der Waals surface area contributed by atoms with Crippen molar-refractivity contribution in [3.8, 4) is 0 Å². The van der Waals surface area contributed by atoms with Crippen LogP contribution in [0.2, 0.25) is 0 Å². The van der Waals surface area contributed by atoms with Gasteiger partial charge in [-0.05, 0) is 35.8 Å². The van der Waals surface area contributed by atoms with E-state index in [9.17, 15) is 5.11 Å². The fourth-order valence-electron chi connectivity index (χ4n) is 1.46. The summed E-state index contributed by atoms with van der Waals surface area (Å²) < 4.78 is 0. The van der Waals surface area contributed by atoms with Crippen molar-refractivity contribution in [3.63, 3.8) is 0 Å². The average Bonchev–Trinajstić information content (AvgIpc) is 2.30. The fourth-order valence-corrected chi connectivity index (χ4v) is 1.46. The molecule has 0 spiro atoms. The quantitative estimate of drug-likeness (QED) is 0.793. The van der Waals surface area contributed by atoms with E-state index < -0.39 is 0 Å². The van der Waals surface area contributed by atoms with Crippen LogP contribution in [0.4, 0.5) is 0 Å². The molecule has 0 atom stereocenters. The molecule has 1 heterocycles. The number of aliphatic hydroxyl groups excluding tert-OH is 1. The molecular formula is C13H13NO. The molecule has 0 radical (unpaired) electrons. The summed E-state index contributed by atoms with van der Waals surface area (Å²) in [5, 5.41) is 9.20. The van der Waals surface area contributed by atoms with Crippen molar-refractivity contribution in [1.29, 1.82) is 0 Å². The van der Waals surface area contributed by atoms with Crippen molar-refractivity contribution in [2.24, 2.45) is 0 Å². The molecule has 1 aliphatic rings. The molecule has 0 amide bonds. The molecule has 0 saturated heterocycles. The Morgan fingerprint density at radius 3 is 2.53 bits per heavy atom. The summed E-state index contributed by atoms with van der Waals surface area (Å²) in [6.07, 6.45) is 13.1. The summed E-state index contributed by atoms with van der Waals surface area (Å²) in [6.45, 7) is 0. The first-order valence-corrected chi connectivity index (χ1v) is 5.01. The van der Waals surface area contributed by atoms with Crippen molar-refractivity contribution in [3.05, 3.63) is 59.7 Å². The van der Waals surface area contributed by atoms with Gasteiger partial charge in [-0.3, -0.25) is 4.98 Å². The lowest BCUT2D eigenvalue weighted by Gasteiger charge is -2.06. The van der Waals surface area contributed by atoms with Crippen LogP contribution in [0.15, 0.2) is 54.1 Å². The van der Waals surface area contributed by atoms with E-state index in [1.807, 2.05) is 18.2 Å². The highest BCUT2D eigenvalue weighted by Gasteiger charge is 2.01. The molecule has 0 unspecified atom stereocenters. The van der Waals surface area contributed by atoms with Crippen LogP contribution < -0.4 is 0 Å². The first kappa shape index (κ1) is 9.71. The smallest absolute Gasteiger partial charge is 0.0926 e. The van der Waals surface area contributed by atoms with Gasteiger partial charge in [0, 0.05) is 18.8 Å². The number of nitrogens with zero attached hydrogens (tertiary/aromatic N) is 1. The Morgan fingerprint density at radius 2 is 1.87 bits per heavy atom. The number of allylic oxidation sites excluding steroid dienone is 5. The Hall–Kier alpha value is -1.83. The molecule has 1 N–H and O–H groups in total. The second-order valence-corrected chi connectivity index (χ2v) is 3.51. The zero-order chi connectivity index (χ0) is 10.5. The van der Waals surface area contributed by atoms with Gasteiger partial charge in [0.2, 0.25) is 0 Å². The number of aliphatic hydroxyl groups is 1. The monoisotopic (exact) mass is 199 g/mol.